The van der Waals surface area contributed by atoms with Crippen molar-refractivity contribution in [3.8, 4) is 22.6 Å². The fourth-order valence-electron chi connectivity index (χ4n) is 3.55. The number of nitrogens with zero attached hydrogens (tertiary/aromatic N) is 2. The fourth-order valence-corrected chi connectivity index (χ4v) is 3.55. The number of pyridine rings is 1. The van der Waals surface area contributed by atoms with E-state index in [0.29, 0.717) is 25.4 Å². The van der Waals surface area contributed by atoms with Crippen LogP contribution in [-0.4, -0.2) is 34.0 Å². The molecule has 2 heterocycles. The van der Waals surface area contributed by atoms with Gasteiger partial charge in [-0.15, -0.1) is 0 Å². The number of aromatic hydroxyl groups is 1. The van der Waals surface area contributed by atoms with E-state index in [-0.39, 0.29) is 17.6 Å². The Bertz CT molecular complexity index is 974. The number of amides is 1. The van der Waals surface area contributed by atoms with Gasteiger partial charge in [0.25, 0.3) is 0 Å². The molecule has 1 amide bonds. The Morgan fingerprint density at radius 2 is 1.96 bits per heavy atom. The van der Waals surface area contributed by atoms with Crippen molar-refractivity contribution in [3.05, 3.63) is 78.1 Å². The quantitative estimate of drug-likeness (QED) is 0.753. The highest BCUT2D eigenvalue weighted by Gasteiger charge is 2.26. The molecule has 1 aromatic heterocycles. The van der Waals surface area contributed by atoms with Crippen molar-refractivity contribution in [3.63, 3.8) is 0 Å². The molecule has 3 aromatic rings. The molecule has 1 N–H and O–H groups in total. The number of fused-ring (bicyclic) bond motifs is 1. The van der Waals surface area contributed by atoms with Gasteiger partial charge in [-0.3, -0.25) is 9.78 Å². The molecule has 1 aliphatic heterocycles. The van der Waals surface area contributed by atoms with Crippen LogP contribution in [0.5, 0.6) is 11.5 Å². The van der Waals surface area contributed by atoms with E-state index in [2.05, 4.69) is 4.98 Å². The molecular formula is C23H22N2O3. The molecule has 5 nitrogen and oxygen atoms in total. The second-order valence-electron chi connectivity index (χ2n) is 6.97. The number of rotatable bonds is 3. The topological polar surface area (TPSA) is 62.7 Å². The van der Waals surface area contributed by atoms with Crippen molar-refractivity contribution in [2.75, 3.05) is 13.2 Å². The summed E-state index contributed by atoms with van der Waals surface area (Å²) in [4.78, 5) is 19.0. The van der Waals surface area contributed by atoms with E-state index in [4.69, 9.17) is 4.74 Å². The number of phenols is 1. The minimum atomic E-state index is -0.238. The third kappa shape index (κ3) is 3.56. The molecule has 4 rings (SSSR count). The number of hydrogen-bond acceptors (Lipinski definition) is 4. The lowest BCUT2D eigenvalue weighted by atomic mass is 9.99. The maximum atomic E-state index is 13.1. The Morgan fingerprint density at radius 1 is 1.14 bits per heavy atom. The predicted octanol–water partition coefficient (Wildman–Crippen LogP) is 3.98. The minimum Gasteiger partial charge on any atom is -0.504 e. The molecule has 0 bridgehead atoms. The molecule has 0 saturated carbocycles. The molecule has 1 aliphatic rings. The smallest absolute Gasteiger partial charge is 0.230 e. The number of aromatic nitrogens is 1. The SMILES string of the molecule is C[C@H](C(=O)N1CCOc2c(O)cc(-c3cccnc3)cc2C1)c1ccccc1. The first-order valence-corrected chi connectivity index (χ1v) is 9.36. The van der Waals surface area contributed by atoms with Crippen molar-refractivity contribution in [1.29, 1.82) is 0 Å². The van der Waals surface area contributed by atoms with E-state index >= 15 is 0 Å². The first kappa shape index (κ1) is 18.0. The van der Waals surface area contributed by atoms with Crippen LogP contribution in [0.25, 0.3) is 11.1 Å². The highest BCUT2D eigenvalue weighted by molar-refractivity contribution is 5.83. The van der Waals surface area contributed by atoms with Crippen molar-refractivity contribution >= 4 is 5.91 Å². The van der Waals surface area contributed by atoms with E-state index in [0.717, 1.165) is 22.3 Å². The lowest BCUT2D eigenvalue weighted by molar-refractivity contribution is -0.133. The molecule has 0 saturated heterocycles. The average molecular weight is 374 g/mol. The largest absolute Gasteiger partial charge is 0.504 e. The lowest BCUT2D eigenvalue weighted by Crippen LogP contribution is -2.35. The normalized spacial score (nSPS) is 14.5. The van der Waals surface area contributed by atoms with Crippen LogP contribution in [0.3, 0.4) is 0 Å². The Hall–Kier alpha value is -3.34. The summed E-state index contributed by atoms with van der Waals surface area (Å²) < 4.78 is 5.78. The summed E-state index contributed by atoms with van der Waals surface area (Å²) in [6, 6.07) is 17.2. The third-order valence-corrected chi connectivity index (χ3v) is 5.09. The van der Waals surface area contributed by atoms with Gasteiger partial charge in [0.05, 0.1) is 12.5 Å². The van der Waals surface area contributed by atoms with Gasteiger partial charge < -0.3 is 14.7 Å². The third-order valence-electron chi connectivity index (χ3n) is 5.09. The van der Waals surface area contributed by atoms with Gasteiger partial charge in [0.1, 0.15) is 6.61 Å². The van der Waals surface area contributed by atoms with Crippen molar-refractivity contribution in [2.45, 2.75) is 19.4 Å². The van der Waals surface area contributed by atoms with Gasteiger partial charge >= 0.3 is 0 Å². The summed E-state index contributed by atoms with van der Waals surface area (Å²) in [6.45, 7) is 3.15. The number of hydrogen-bond donors (Lipinski definition) is 1. The zero-order valence-corrected chi connectivity index (χ0v) is 15.7. The van der Waals surface area contributed by atoms with Crippen LogP contribution in [0.1, 0.15) is 24.0 Å². The van der Waals surface area contributed by atoms with E-state index in [1.165, 1.54) is 0 Å². The zero-order valence-electron chi connectivity index (χ0n) is 15.7. The number of phenolic OH excluding ortho intramolecular Hbond substituents is 1. The molecular weight excluding hydrogens is 352 g/mol. The number of carbonyl (C=O) groups is 1. The van der Waals surface area contributed by atoms with Gasteiger partial charge in [-0.05, 0) is 36.2 Å². The van der Waals surface area contributed by atoms with E-state index in [1.54, 1.807) is 23.4 Å². The highest BCUT2D eigenvalue weighted by atomic mass is 16.5. The predicted molar refractivity (Wildman–Crippen MR) is 107 cm³/mol. The summed E-state index contributed by atoms with van der Waals surface area (Å²) in [6.07, 6.45) is 3.46. The van der Waals surface area contributed by atoms with Gasteiger partial charge in [0.2, 0.25) is 5.91 Å². The summed E-state index contributed by atoms with van der Waals surface area (Å²) in [5.41, 5.74) is 3.54. The molecule has 2 aromatic carbocycles. The van der Waals surface area contributed by atoms with E-state index < -0.39 is 0 Å². The molecule has 0 spiro atoms. The van der Waals surface area contributed by atoms with E-state index in [9.17, 15) is 9.90 Å². The molecule has 0 radical (unpaired) electrons. The molecule has 1 atom stereocenters. The standard InChI is InChI=1S/C23H22N2O3/c1-16(17-6-3-2-4-7-17)23(27)25-10-11-28-22-20(15-25)12-19(13-21(22)26)18-8-5-9-24-14-18/h2-9,12-14,16,26H,10-11,15H2,1H3/t16-/m0/s1. The first-order chi connectivity index (χ1) is 13.6. The average Bonchev–Trinajstić information content (AvgIpc) is 2.97. The van der Waals surface area contributed by atoms with Gasteiger partial charge in [-0.1, -0.05) is 36.4 Å². The van der Waals surface area contributed by atoms with Gasteiger partial charge in [0.15, 0.2) is 11.5 Å². The zero-order chi connectivity index (χ0) is 19.5. The summed E-state index contributed by atoms with van der Waals surface area (Å²) in [5, 5.41) is 10.5. The number of carbonyl (C=O) groups excluding carboxylic acids is 1. The molecule has 0 unspecified atom stereocenters. The summed E-state index contributed by atoms with van der Waals surface area (Å²) in [7, 11) is 0. The summed E-state index contributed by atoms with van der Waals surface area (Å²) >= 11 is 0. The summed E-state index contributed by atoms with van der Waals surface area (Å²) in [5.74, 6) is 0.351. The minimum absolute atomic E-state index is 0.0499. The molecule has 5 heteroatoms. The number of ether oxygens (including phenoxy) is 1. The molecule has 0 aliphatic carbocycles. The van der Waals surface area contributed by atoms with Gasteiger partial charge in [-0.25, -0.2) is 0 Å². The van der Waals surface area contributed by atoms with Crippen LogP contribution < -0.4 is 4.74 Å². The Labute approximate surface area is 164 Å². The Balaban J connectivity index is 1.64. The maximum absolute atomic E-state index is 13.1. The van der Waals surface area contributed by atoms with Crippen LogP contribution >= 0.6 is 0 Å². The molecule has 0 fully saturated rings. The monoisotopic (exact) mass is 374 g/mol. The Kier molecular flexibility index (Phi) is 4.98. The first-order valence-electron chi connectivity index (χ1n) is 9.36. The maximum Gasteiger partial charge on any atom is 0.230 e. The van der Waals surface area contributed by atoms with Crippen LogP contribution in [0.4, 0.5) is 0 Å². The second kappa shape index (κ2) is 7.72. The van der Waals surface area contributed by atoms with Crippen LogP contribution in [-0.2, 0) is 11.3 Å². The lowest BCUT2D eigenvalue weighted by Gasteiger charge is -2.24. The van der Waals surface area contributed by atoms with Crippen LogP contribution in [0, 0.1) is 0 Å². The highest BCUT2D eigenvalue weighted by Crippen LogP contribution is 2.37. The molecule has 28 heavy (non-hydrogen) atoms. The second-order valence-corrected chi connectivity index (χ2v) is 6.97. The van der Waals surface area contributed by atoms with Crippen LogP contribution in [0.2, 0.25) is 0 Å². The molecule has 142 valence electrons. The van der Waals surface area contributed by atoms with Gasteiger partial charge in [0, 0.05) is 30.1 Å². The van der Waals surface area contributed by atoms with Crippen molar-refractivity contribution in [1.82, 2.24) is 9.88 Å². The number of benzene rings is 2. The van der Waals surface area contributed by atoms with E-state index in [1.807, 2.05) is 55.5 Å². The van der Waals surface area contributed by atoms with Crippen molar-refractivity contribution in [2.24, 2.45) is 0 Å². The Morgan fingerprint density at radius 3 is 2.71 bits per heavy atom. The van der Waals surface area contributed by atoms with Crippen molar-refractivity contribution < 1.29 is 14.6 Å². The van der Waals surface area contributed by atoms with Crippen LogP contribution in [0.15, 0.2) is 67.0 Å². The van der Waals surface area contributed by atoms with Gasteiger partial charge in [-0.2, -0.15) is 0 Å². The fraction of sp³-hybridized carbons (Fsp3) is 0.217.